The summed E-state index contributed by atoms with van der Waals surface area (Å²) in [5.74, 6) is -0.674. The van der Waals surface area contributed by atoms with Gasteiger partial charge in [0.05, 0.1) is 23.4 Å². The Balaban J connectivity index is 0.00000141. The Morgan fingerprint density at radius 3 is 2.62 bits per heavy atom. The third kappa shape index (κ3) is 4.36. The quantitative estimate of drug-likeness (QED) is 0.315. The van der Waals surface area contributed by atoms with Crippen LogP contribution in [0, 0.1) is 22.9 Å². The summed E-state index contributed by atoms with van der Waals surface area (Å²) in [7, 11) is 3.31. The number of nitrogens with zero attached hydrogens (tertiary/aromatic N) is 4. The molecule has 0 saturated heterocycles. The van der Waals surface area contributed by atoms with Gasteiger partial charge in [0.25, 0.3) is 0 Å². The number of halogens is 1. The SMILES string of the molecule is CC.COc1cc(F)c([N+](=O)[O-])cc1Nc1nccc(-c2cn(C)c3cc(C)ccc23)n1. The third-order valence-corrected chi connectivity index (χ3v) is 4.79. The smallest absolute Gasteiger partial charge is 0.307 e. The summed E-state index contributed by atoms with van der Waals surface area (Å²) < 4.78 is 21.1. The van der Waals surface area contributed by atoms with Crippen LogP contribution in [0.4, 0.5) is 21.7 Å². The molecule has 0 aliphatic heterocycles. The highest BCUT2D eigenvalue weighted by Gasteiger charge is 2.20. The monoisotopic (exact) mass is 437 g/mol. The van der Waals surface area contributed by atoms with Gasteiger partial charge in [-0.3, -0.25) is 10.1 Å². The first-order valence-corrected chi connectivity index (χ1v) is 10.1. The number of aryl methyl sites for hydroxylation is 2. The fourth-order valence-corrected chi connectivity index (χ4v) is 3.34. The Bertz CT molecular complexity index is 1290. The van der Waals surface area contributed by atoms with Crippen LogP contribution in [0.5, 0.6) is 5.75 Å². The van der Waals surface area contributed by atoms with Crippen LogP contribution >= 0.6 is 0 Å². The number of nitro groups is 1. The van der Waals surface area contributed by atoms with Crippen molar-refractivity contribution in [2.45, 2.75) is 20.8 Å². The first kappa shape index (κ1) is 22.7. The molecule has 4 rings (SSSR count). The summed E-state index contributed by atoms with van der Waals surface area (Å²) >= 11 is 0. The van der Waals surface area contributed by atoms with E-state index in [9.17, 15) is 14.5 Å². The lowest BCUT2D eigenvalue weighted by molar-refractivity contribution is -0.387. The Hall–Kier alpha value is -4.01. The second kappa shape index (κ2) is 9.42. The highest BCUT2D eigenvalue weighted by molar-refractivity contribution is 5.95. The molecule has 0 radical (unpaired) electrons. The molecule has 0 aliphatic rings. The zero-order chi connectivity index (χ0) is 23.4. The van der Waals surface area contributed by atoms with E-state index in [0.717, 1.165) is 34.2 Å². The summed E-state index contributed by atoms with van der Waals surface area (Å²) in [6.07, 6.45) is 3.57. The van der Waals surface area contributed by atoms with Crippen molar-refractivity contribution in [3.8, 4) is 17.0 Å². The number of fused-ring (bicyclic) bond motifs is 1. The molecule has 0 saturated carbocycles. The van der Waals surface area contributed by atoms with Gasteiger partial charge in [0.2, 0.25) is 11.8 Å². The number of nitro benzene ring substituents is 1. The number of ether oxygens (including phenoxy) is 1. The van der Waals surface area contributed by atoms with Crippen LogP contribution < -0.4 is 10.1 Å². The minimum Gasteiger partial charge on any atom is -0.494 e. The van der Waals surface area contributed by atoms with E-state index in [1.807, 2.05) is 50.7 Å². The minimum absolute atomic E-state index is 0.104. The fraction of sp³-hybridized carbons (Fsp3) is 0.217. The van der Waals surface area contributed by atoms with Crippen LogP contribution in [0.15, 0.2) is 48.8 Å². The van der Waals surface area contributed by atoms with Crippen LogP contribution in [-0.4, -0.2) is 26.6 Å². The first-order chi connectivity index (χ1) is 15.4. The molecule has 2 heterocycles. The molecule has 0 fully saturated rings. The Morgan fingerprint density at radius 1 is 1.19 bits per heavy atom. The first-order valence-electron chi connectivity index (χ1n) is 10.1. The molecule has 0 spiro atoms. The molecule has 9 heteroatoms. The van der Waals surface area contributed by atoms with E-state index in [1.54, 1.807) is 12.3 Å². The largest absolute Gasteiger partial charge is 0.494 e. The number of hydrogen-bond acceptors (Lipinski definition) is 6. The molecule has 0 aliphatic carbocycles. The minimum atomic E-state index is -0.983. The molecule has 166 valence electrons. The summed E-state index contributed by atoms with van der Waals surface area (Å²) in [6, 6.07) is 9.98. The molecule has 32 heavy (non-hydrogen) atoms. The van der Waals surface area contributed by atoms with Crippen molar-refractivity contribution in [1.29, 1.82) is 0 Å². The zero-order valence-electron chi connectivity index (χ0n) is 18.5. The molecule has 0 amide bonds. The lowest BCUT2D eigenvalue weighted by atomic mass is 10.1. The van der Waals surface area contributed by atoms with Crippen LogP contribution in [-0.2, 0) is 7.05 Å². The number of nitrogens with one attached hydrogen (secondary N) is 1. The second-order valence-electron chi connectivity index (χ2n) is 6.83. The topological polar surface area (TPSA) is 95.1 Å². The molecular formula is C23H24FN5O3. The van der Waals surface area contributed by atoms with Gasteiger partial charge >= 0.3 is 5.69 Å². The highest BCUT2D eigenvalue weighted by atomic mass is 19.1. The summed E-state index contributed by atoms with van der Waals surface area (Å²) in [5, 5.41) is 15.0. The normalized spacial score (nSPS) is 10.4. The van der Waals surface area contributed by atoms with E-state index in [0.29, 0.717) is 5.69 Å². The standard InChI is InChI=1S/C21H18FN5O3.C2H6/c1-12-4-5-13-14(11-26(2)18(13)8-12)16-6-7-23-21(24-16)25-17-10-19(27(28)29)15(22)9-20(17)30-3;1-2/h4-11H,1-3H3,(H,23,24,25);1-2H3. The van der Waals surface area contributed by atoms with Gasteiger partial charge in [-0.15, -0.1) is 0 Å². The van der Waals surface area contributed by atoms with E-state index in [1.165, 1.54) is 7.11 Å². The summed E-state index contributed by atoms with van der Waals surface area (Å²) in [6.45, 7) is 6.04. The second-order valence-corrected chi connectivity index (χ2v) is 6.83. The van der Waals surface area contributed by atoms with Crippen molar-refractivity contribution in [3.05, 3.63) is 70.3 Å². The highest BCUT2D eigenvalue weighted by Crippen LogP contribution is 2.34. The van der Waals surface area contributed by atoms with Crippen LogP contribution in [0.2, 0.25) is 0 Å². The van der Waals surface area contributed by atoms with E-state index in [4.69, 9.17) is 4.74 Å². The van der Waals surface area contributed by atoms with E-state index in [2.05, 4.69) is 21.4 Å². The average molecular weight is 437 g/mol. The van der Waals surface area contributed by atoms with Crippen molar-refractivity contribution in [2.24, 2.45) is 7.05 Å². The summed E-state index contributed by atoms with van der Waals surface area (Å²) in [4.78, 5) is 19.0. The number of anilines is 2. The maximum atomic E-state index is 13.9. The maximum absolute atomic E-state index is 13.9. The van der Waals surface area contributed by atoms with Gasteiger partial charge in [-0.2, -0.15) is 4.39 Å². The summed E-state index contributed by atoms with van der Waals surface area (Å²) in [5.41, 5.74) is 3.36. The van der Waals surface area contributed by atoms with Crippen LogP contribution in [0.25, 0.3) is 22.2 Å². The van der Waals surface area contributed by atoms with E-state index in [-0.39, 0.29) is 17.4 Å². The molecule has 0 bridgehead atoms. The van der Waals surface area contributed by atoms with Crippen LogP contribution in [0.3, 0.4) is 0 Å². The lowest BCUT2D eigenvalue weighted by Crippen LogP contribution is -2.02. The molecular weight excluding hydrogens is 413 g/mol. The number of benzene rings is 2. The molecule has 0 atom stereocenters. The van der Waals surface area contributed by atoms with Gasteiger partial charge in [-0.05, 0) is 24.6 Å². The molecule has 2 aromatic heterocycles. The van der Waals surface area contributed by atoms with Crippen molar-refractivity contribution in [3.63, 3.8) is 0 Å². The molecule has 8 nitrogen and oxygen atoms in total. The van der Waals surface area contributed by atoms with E-state index < -0.39 is 16.4 Å². The Labute approximate surface area is 184 Å². The lowest BCUT2D eigenvalue weighted by Gasteiger charge is -2.11. The predicted molar refractivity (Wildman–Crippen MR) is 123 cm³/mol. The fourth-order valence-electron chi connectivity index (χ4n) is 3.34. The Kier molecular flexibility index (Phi) is 6.67. The van der Waals surface area contributed by atoms with Crippen LogP contribution in [0.1, 0.15) is 19.4 Å². The number of rotatable bonds is 5. The molecule has 4 aromatic rings. The molecule has 2 aromatic carbocycles. The number of aromatic nitrogens is 3. The van der Waals surface area contributed by atoms with Crippen molar-refractivity contribution >= 4 is 28.2 Å². The maximum Gasteiger partial charge on any atom is 0.307 e. The van der Waals surface area contributed by atoms with Crippen molar-refractivity contribution < 1.29 is 14.1 Å². The average Bonchev–Trinajstić information content (AvgIpc) is 3.12. The van der Waals surface area contributed by atoms with Crippen molar-refractivity contribution in [1.82, 2.24) is 14.5 Å². The number of methoxy groups -OCH3 is 1. The van der Waals surface area contributed by atoms with Gasteiger partial charge < -0.3 is 14.6 Å². The zero-order valence-corrected chi connectivity index (χ0v) is 18.5. The molecule has 1 N–H and O–H groups in total. The Morgan fingerprint density at radius 2 is 1.94 bits per heavy atom. The van der Waals surface area contributed by atoms with Gasteiger partial charge in [0, 0.05) is 48.0 Å². The number of hydrogen-bond donors (Lipinski definition) is 1. The predicted octanol–water partition coefficient (Wildman–Crippen LogP) is 5.77. The molecule has 0 unspecified atom stereocenters. The van der Waals surface area contributed by atoms with Gasteiger partial charge in [0.1, 0.15) is 5.75 Å². The van der Waals surface area contributed by atoms with Gasteiger partial charge in [-0.1, -0.05) is 26.0 Å². The van der Waals surface area contributed by atoms with Gasteiger partial charge in [0.15, 0.2) is 0 Å². The third-order valence-electron chi connectivity index (χ3n) is 4.79. The van der Waals surface area contributed by atoms with E-state index >= 15 is 0 Å². The van der Waals surface area contributed by atoms with Crippen molar-refractivity contribution in [2.75, 3.05) is 12.4 Å². The van der Waals surface area contributed by atoms with Gasteiger partial charge in [-0.25, -0.2) is 9.97 Å².